The summed E-state index contributed by atoms with van der Waals surface area (Å²) in [7, 11) is 1.50. The van der Waals surface area contributed by atoms with E-state index in [2.05, 4.69) is 10.1 Å². The Morgan fingerprint density at radius 2 is 2.10 bits per heavy atom. The summed E-state index contributed by atoms with van der Waals surface area (Å²) < 4.78 is 10.8. The van der Waals surface area contributed by atoms with Crippen molar-refractivity contribution < 1.29 is 19.8 Å². The maximum absolute atomic E-state index is 9.10. The predicted molar refractivity (Wildman–Crippen MR) is 75.7 cm³/mol. The van der Waals surface area contributed by atoms with Crippen LogP contribution in [0, 0.1) is 0 Å². The van der Waals surface area contributed by atoms with Gasteiger partial charge in [-0.25, -0.2) is 4.98 Å². The molecule has 1 aromatic carbocycles. The highest BCUT2D eigenvalue weighted by atomic mass is 16.5. The first-order chi connectivity index (χ1) is 10.2. The quantitative estimate of drug-likeness (QED) is 0.333. The molecule has 0 unspecified atom stereocenters. The lowest BCUT2D eigenvalue weighted by Gasteiger charge is -2.11. The van der Waals surface area contributed by atoms with Gasteiger partial charge in [0, 0.05) is 17.8 Å². The third-order valence-electron chi connectivity index (χ3n) is 2.76. The minimum Gasteiger partial charge on any atom is -0.493 e. The van der Waals surface area contributed by atoms with Gasteiger partial charge in [0.1, 0.15) is 0 Å². The predicted octanol–water partition coefficient (Wildman–Crippen LogP) is 1.47. The average Bonchev–Trinajstić information content (AvgIpc) is 2.54. The summed E-state index contributed by atoms with van der Waals surface area (Å²) >= 11 is 0. The van der Waals surface area contributed by atoms with E-state index in [0.717, 1.165) is 0 Å². The Kier molecular flexibility index (Phi) is 4.57. The average molecular weight is 289 g/mol. The number of nitrogens with zero attached hydrogens (tertiary/aromatic N) is 2. The molecule has 0 saturated carbocycles. The number of hydrogen-bond donors (Lipinski definition) is 3. The molecule has 110 valence electrons. The summed E-state index contributed by atoms with van der Waals surface area (Å²) in [6, 6.07) is 8.18. The molecule has 21 heavy (non-hydrogen) atoms. The Morgan fingerprint density at radius 3 is 2.76 bits per heavy atom. The van der Waals surface area contributed by atoms with Crippen molar-refractivity contribution in [3.8, 4) is 17.4 Å². The maximum Gasteiger partial charge on any atom is 0.220 e. The summed E-state index contributed by atoms with van der Waals surface area (Å²) in [6.07, 6.45) is 1.48. The molecule has 0 radical (unpaired) electrons. The molecule has 0 aliphatic rings. The zero-order valence-electron chi connectivity index (χ0n) is 11.4. The van der Waals surface area contributed by atoms with Gasteiger partial charge in [-0.15, -0.1) is 0 Å². The van der Waals surface area contributed by atoms with Gasteiger partial charge in [-0.05, 0) is 23.8 Å². The monoisotopic (exact) mass is 289 g/mol. The van der Waals surface area contributed by atoms with E-state index in [-0.39, 0.29) is 18.3 Å². The normalized spacial score (nSPS) is 11.2. The number of aliphatic hydroxyl groups is 1. The lowest BCUT2D eigenvalue weighted by molar-refractivity contribution is 0.280. The van der Waals surface area contributed by atoms with Gasteiger partial charge in [-0.3, -0.25) is 0 Å². The van der Waals surface area contributed by atoms with Gasteiger partial charge in [0.15, 0.2) is 17.3 Å². The van der Waals surface area contributed by atoms with Crippen molar-refractivity contribution in [2.45, 2.75) is 6.61 Å². The fourth-order valence-electron chi connectivity index (χ4n) is 1.69. The lowest BCUT2D eigenvalue weighted by atomic mass is 10.2. The summed E-state index contributed by atoms with van der Waals surface area (Å²) in [5.74, 6) is 1.15. The van der Waals surface area contributed by atoms with Gasteiger partial charge >= 0.3 is 0 Å². The van der Waals surface area contributed by atoms with Crippen LogP contribution >= 0.6 is 0 Å². The van der Waals surface area contributed by atoms with E-state index >= 15 is 0 Å². The van der Waals surface area contributed by atoms with Crippen LogP contribution in [-0.2, 0) is 6.61 Å². The molecule has 4 N–H and O–H groups in total. The van der Waals surface area contributed by atoms with Crippen molar-refractivity contribution in [2.24, 2.45) is 10.9 Å². The van der Waals surface area contributed by atoms with Crippen LogP contribution in [0.25, 0.3) is 0 Å². The van der Waals surface area contributed by atoms with Crippen LogP contribution in [0.5, 0.6) is 17.4 Å². The number of rotatable bonds is 5. The SMILES string of the molecule is COc1cc(CO)ccc1Oc1cc(/C(N)=N/O)ccn1. The van der Waals surface area contributed by atoms with Crippen molar-refractivity contribution in [1.29, 1.82) is 0 Å². The van der Waals surface area contributed by atoms with Crippen molar-refractivity contribution in [2.75, 3.05) is 7.11 Å². The number of nitrogens with two attached hydrogens (primary N) is 1. The first kappa shape index (κ1) is 14.6. The fourth-order valence-corrected chi connectivity index (χ4v) is 1.69. The second kappa shape index (κ2) is 6.58. The Morgan fingerprint density at radius 1 is 1.29 bits per heavy atom. The molecule has 0 aliphatic carbocycles. The number of methoxy groups -OCH3 is 1. The highest BCUT2D eigenvalue weighted by Gasteiger charge is 2.09. The largest absolute Gasteiger partial charge is 0.493 e. The highest BCUT2D eigenvalue weighted by Crippen LogP contribution is 2.31. The van der Waals surface area contributed by atoms with Crippen molar-refractivity contribution in [3.05, 3.63) is 47.7 Å². The van der Waals surface area contributed by atoms with Gasteiger partial charge in [-0.1, -0.05) is 11.2 Å². The molecule has 0 spiro atoms. The number of aliphatic hydroxyl groups excluding tert-OH is 1. The van der Waals surface area contributed by atoms with Gasteiger partial charge in [0.25, 0.3) is 0 Å². The molecule has 7 heteroatoms. The van der Waals surface area contributed by atoms with E-state index in [0.29, 0.717) is 22.6 Å². The van der Waals surface area contributed by atoms with Gasteiger partial charge in [0.2, 0.25) is 5.88 Å². The van der Waals surface area contributed by atoms with E-state index in [4.69, 9.17) is 25.5 Å². The standard InChI is InChI=1S/C14H15N3O4/c1-20-12-6-9(8-18)2-3-11(12)21-13-7-10(4-5-16-13)14(15)17-19/h2-7,18-19H,8H2,1H3,(H2,15,17). The van der Waals surface area contributed by atoms with E-state index in [1.807, 2.05) is 0 Å². The van der Waals surface area contributed by atoms with Crippen molar-refractivity contribution in [3.63, 3.8) is 0 Å². The van der Waals surface area contributed by atoms with Gasteiger partial charge < -0.3 is 25.5 Å². The molecular formula is C14H15N3O4. The minimum absolute atomic E-state index is 0.0372. The fraction of sp³-hybridized carbons (Fsp3) is 0.143. The topological polar surface area (TPSA) is 110 Å². The summed E-state index contributed by atoms with van der Waals surface area (Å²) in [5.41, 5.74) is 6.70. The molecule has 1 aromatic heterocycles. The Balaban J connectivity index is 2.30. The molecule has 7 nitrogen and oxygen atoms in total. The summed E-state index contributed by atoms with van der Waals surface area (Å²) in [6.45, 7) is -0.0894. The third kappa shape index (κ3) is 3.40. The Hall–Kier alpha value is -2.80. The molecule has 2 aromatic rings. The molecule has 0 fully saturated rings. The Labute approximate surface area is 121 Å². The van der Waals surface area contributed by atoms with Crippen LogP contribution < -0.4 is 15.2 Å². The number of ether oxygens (including phenoxy) is 2. The van der Waals surface area contributed by atoms with Crippen LogP contribution in [-0.4, -0.2) is 28.2 Å². The number of aromatic nitrogens is 1. The molecular weight excluding hydrogens is 274 g/mol. The lowest BCUT2D eigenvalue weighted by Crippen LogP contribution is -2.13. The third-order valence-corrected chi connectivity index (χ3v) is 2.76. The van der Waals surface area contributed by atoms with Crippen LogP contribution in [0.2, 0.25) is 0 Å². The summed E-state index contributed by atoms with van der Waals surface area (Å²) in [5, 5.41) is 20.7. The number of benzene rings is 1. The van der Waals surface area contributed by atoms with E-state index in [9.17, 15) is 0 Å². The van der Waals surface area contributed by atoms with E-state index in [1.165, 1.54) is 19.4 Å². The van der Waals surface area contributed by atoms with Crippen LogP contribution in [0.4, 0.5) is 0 Å². The van der Waals surface area contributed by atoms with E-state index < -0.39 is 0 Å². The van der Waals surface area contributed by atoms with Crippen molar-refractivity contribution in [1.82, 2.24) is 4.98 Å². The molecule has 0 atom stereocenters. The first-order valence-electron chi connectivity index (χ1n) is 6.07. The minimum atomic E-state index is -0.0894. The molecule has 0 saturated heterocycles. The number of amidine groups is 1. The van der Waals surface area contributed by atoms with Crippen LogP contribution in [0.3, 0.4) is 0 Å². The van der Waals surface area contributed by atoms with Gasteiger partial charge in [-0.2, -0.15) is 0 Å². The number of oxime groups is 1. The maximum atomic E-state index is 9.10. The smallest absolute Gasteiger partial charge is 0.220 e. The molecule has 0 amide bonds. The van der Waals surface area contributed by atoms with Gasteiger partial charge in [0.05, 0.1) is 13.7 Å². The Bertz CT molecular complexity index is 658. The molecule has 1 heterocycles. The second-order valence-electron chi connectivity index (χ2n) is 4.11. The number of pyridine rings is 1. The first-order valence-corrected chi connectivity index (χ1v) is 6.07. The molecule has 2 rings (SSSR count). The zero-order chi connectivity index (χ0) is 15.2. The zero-order valence-corrected chi connectivity index (χ0v) is 11.4. The second-order valence-corrected chi connectivity index (χ2v) is 4.11. The van der Waals surface area contributed by atoms with Crippen LogP contribution in [0.1, 0.15) is 11.1 Å². The molecule has 0 bridgehead atoms. The molecule has 0 aliphatic heterocycles. The van der Waals surface area contributed by atoms with E-state index in [1.54, 1.807) is 24.3 Å². The van der Waals surface area contributed by atoms with Crippen LogP contribution in [0.15, 0.2) is 41.7 Å². The van der Waals surface area contributed by atoms with Crippen molar-refractivity contribution >= 4 is 5.84 Å². The number of hydrogen-bond acceptors (Lipinski definition) is 6. The summed E-state index contributed by atoms with van der Waals surface area (Å²) in [4.78, 5) is 4.05. The highest BCUT2D eigenvalue weighted by molar-refractivity contribution is 5.97.